The molecule has 0 radical (unpaired) electrons. The summed E-state index contributed by atoms with van der Waals surface area (Å²) in [6, 6.07) is 7.75. The molecule has 134 valence electrons. The van der Waals surface area contributed by atoms with E-state index in [1.165, 1.54) is 38.1 Å². The largest absolute Gasteiger partial charge is 0.456 e. The number of furan rings is 1. The number of rotatable bonds is 3. The second kappa shape index (κ2) is 6.14. The van der Waals surface area contributed by atoms with E-state index in [0.29, 0.717) is 5.56 Å². The van der Waals surface area contributed by atoms with Gasteiger partial charge in [0.15, 0.2) is 0 Å². The van der Waals surface area contributed by atoms with Crippen LogP contribution in [0.25, 0.3) is 17.4 Å². The number of nitro benzene ring substituents is 1. The Morgan fingerprint density at radius 1 is 1.08 bits per heavy atom. The highest BCUT2D eigenvalue weighted by Gasteiger charge is 2.39. The number of cyclic esters (lactones) is 2. The quantitative estimate of drug-likeness (QED) is 0.272. The number of nitro groups is 1. The molecule has 0 unspecified atom stereocenters. The molecule has 1 saturated heterocycles. The van der Waals surface area contributed by atoms with Gasteiger partial charge in [0.1, 0.15) is 17.1 Å². The first-order valence-corrected chi connectivity index (χ1v) is 7.70. The van der Waals surface area contributed by atoms with Gasteiger partial charge in [0.05, 0.1) is 10.5 Å². The van der Waals surface area contributed by atoms with Gasteiger partial charge in [-0.1, -0.05) is 6.07 Å². The Balaban J connectivity index is 1.96. The van der Waals surface area contributed by atoms with E-state index in [1.54, 1.807) is 19.1 Å². The Kier molecular flexibility index (Phi) is 4.11. The summed E-state index contributed by atoms with van der Waals surface area (Å²) in [5, 5.41) is 11.2. The molecule has 3 rings (SSSR count). The Morgan fingerprint density at radius 3 is 2.35 bits per heavy atom. The minimum Gasteiger partial charge on any atom is -0.456 e. The lowest BCUT2D eigenvalue weighted by atomic mass is 10.1. The van der Waals surface area contributed by atoms with Crippen LogP contribution in [0.5, 0.6) is 0 Å². The molecule has 0 bridgehead atoms. The van der Waals surface area contributed by atoms with Crippen LogP contribution in [-0.2, 0) is 19.1 Å². The molecule has 0 amide bonds. The van der Waals surface area contributed by atoms with E-state index < -0.39 is 22.6 Å². The van der Waals surface area contributed by atoms with E-state index in [1.807, 2.05) is 0 Å². The third-order valence-electron chi connectivity index (χ3n) is 3.65. The van der Waals surface area contributed by atoms with Crippen LogP contribution in [-0.4, -0.2) is 22.6 Å². The summed E-state index contributed by atoms with van der Waals surface area (Å²) in [6.07, 6.45) is 1.18. The number of ether oxygens (including phenoxy) is 2. The first-order valence-electron chi connectivity index (χ1n) is 7.70. The smallest absolute Gasteiger partial charge is 0.348 e. The van der Waals surface area contributed by atoms with Crippen molar-refractivity contribution in [2.75, 3.05) is 0 Å². The molecule has 1 aromatic heterocycles. The molecule has 0 spiro atoms. The zero-order valence-corrected chi connectivity index (χ0v) is 14.3. The molecule has 0 atom stereocenters. The topological polar surface area (TPSA) is 109 Å². The molecule has 1 aromatic carbocycles. The summed E-state index contributed by atoms with van der Waals surface area (Å²) in [4.78, 5) is 34.7. The molecule has 2 aromatic rings. The molecule has 26 heavy (non-hydrogen) atoms. The van der Waals surface area contributed by atoms with Crippen molar-refractivity contribution >= 4 is 23.7 Å². The Bertz CT molecular complexity index is 930. The van der Waals surface area contributed by atoms with Crippen molar-refractivity contribution in [3.8, 4) is 11.3 Å². The molecule has 1 fully saturated rings. The van der Waals surface area contributed by atoms with Gasteiger partial charge in [0.2, 0.25) is 0 Å². The van der Waals surface area contributed by atoms with Gasteiger partial charge in [0.25, 0.3) is 11.5 Å². The van der Waals surface area contributed by atoms with Crippen molar-refractivity contribution in [2.45, 2.75) is 26.6 Å². The van der Waals surface area contributed by atoms with Crippen molar-refractivity contribution in [1.82, 2.24) is 0 Å². The molecule has 2 heterocycles. The fourth-order valence-corrected chi connectivity index (χ4v) is 2.50. The lowest BCUT2D eigenvalue weighted by Gasteiger charge is -2.29. The molecule has 8 heteroatoms. The monoisotopic (exact) mass is 357 g/mol. The maximum Gasteiger partial charge on any atom is 0.348 e. The van der Waals surface area contributed by atoms with Gasteiger partial charge in [-0.2, -0.15) is 0 Å². The molecular formula is C18H15NO7. The minimum absolute atomic E-state index is 0.100. The second-order valence-electron chi connectivity index (χ2n) is 6.22. The summed E-state index contributed by atoms with van der Waals surface area (Å²) in [6.45, 7) is 4.64. The standard InChI is InChI=1S/C18H15NO7/c1-10-4-6-12(14(8-10)19(22)23)15-7-5-11(24-15)9-13-16(20)25-18(2,3)26-17(13)21/h4-9H,1-3H3. The van der Waals surface area contributed by atoms with Crippen LogP contribution >= 0.6 is 0 Å². The highest BCUT2D eigenvalue weighted by molar-refractivity contribution is 6.18. The van der Waals surface area contributed by atoms with Crippen LogP contribution in [0.15, 0.2) is 40.3 Å². The first-order chi connectivity index (χ1) is 12.2. The van der Waals surface area contributed by atoms with Crippen LogP contribution in [0.3, 0.4) is 0 Å². The van der Waals surface area contributed by atoms with Crippen molar-refractivity contribution in [3.63, 3.8) is 0 Å². The van der Waals surface area contributed by atoms with Crippen LogP contribution in [0.1, 0.15) is 25.2 Å². The van der Waals surface area contributed by atoms with Gasteiger partial charge in [-0.25, -0.2) is 9.59 Å². The molecule has 0 aliphatic carbocycles. The van der Waals surface area contributed by atoms with Gasteiger partial charge < -0.3 is 13.9 Å². The minimum atomic E-state index is -1.33. The zero-order valence-electron chi connectivity index (χ0n) is 14.3. The summed E-state index contributed by atoms with van der Waals surface area (Å²) in [7, 11) is 0. The van der Waals surface area contributed by atoms with Crippen molar-refractivity contribution in [2.24, 2.45) is 0 Å². The number of hydrogen-bond donors (Lipinski definition) is 0. The van der Waals surface area contributed by atoms with Crippen LogP contribution < -0.4 is 0 Å². The highest BCUT2D eigenvalue weighted by atomic mass is 16.7. The van der Waals surface area contributed by atoms with E-state index in [-0.39, 0.29) is 22.8 Å². The van der Waals surface area contributed by atoms with Gasteiger partial charge in [-0.05, 0) is 30.7 Å². The molecule has 0 saturated carbocycles. The van der Waals surface area contributed by atoms with Gasteiger partial charge >= 0.3 is 11.9 Å². The molecule has 0 N–H and O–H groups in total. The molecule has 1 aliphatic heterocycles. The number of esters is 2. The lowest BCUT2D eigenvalue weighted by molar-refractivity contribution is -0.384. The predicted molar refractivity (Wildman–Crippen MR) is 89.8 cm³/mol. The summed E-state index contributed by atoms with van der Waals surface area (Å²) >= 11 is 0. The number of carbonyl (C=O) groups is 2. The third-order valence-corrected chi connectivity index (χ3v) is 3.65. The maximum absolute atomic E-state index is 12.0. The highest BCUT2D eigenvalue weighted by Crippen LogP contribution is 2.33. The van der Waals surface area contributed by atoms with Crippen molar-refractivity contribution < 1.29 is 28.4 Å². The summed E-state index contributed by atoms with van der Waals surface area (Å²) in [5.74, 6) is -2.58. The SMILES string of the molecule is Cc1ccc(-c2ccc(C=C3C(=O)OC(C)(C)OC3=O)o2)c([N+](=O)[O-])c1. The zero-order chi connectivity index (χ0) is 19.1. The van der Waals surface area contributed by atoms with Gasteiger partial charge in [-0.3, -0.25) is 10.1 Å². The Morgan fingerprint density at radius 2 is 1.73 bits per heavy atom. The van der Waals surface area contributed by atoms with E-state index >= 15 is 0 Å². The second-order valence-corrected chi connectivity index (χ2v) is 6.22. The van der Waals surface area contributed by atoms with Gasteiger partial charge in [-0.15, -0.1) is 0 Å². The van der Waals surface area contributed by atoms with Crippen molar-refractivity contribution in [1.29, 1.82) is 0 Å². The van der Waals surface area contributed by atoms with E-state index in [0.717, 1.165) is 5.56 Å². The average Bonchev–Trinajstić information content (AvgIpc) is 2.98. The van der Waals surface area contributed by atoms with E-state index in [9.17, 15) is 19.7 Å². The normalized spacial score (nSPS) is 16.0. The van der Waals surface area contributed by atoms with Crippen LogP contribution in [0.4, 0.5) is 5.69 Å². The fourth-order valence-electron chi connectivity index (χ4n) is 2.50. The number of hydrogen-bond acceptors (Lipinski definition) is 7. The summed E-state index contributed by atoms with van der Waals surface area (Å²) in [5.41, 5.74) is 0.616. The number of nitrogens with zero attached hydrogens (tertiary/aromatic N) is 1. The summed E-state index contributed by atoms with van der Waals surface area (Å²) < 4.78 is 15.6. The Hall–Kier alpha value is -3.42. The number of carbonyl (C=O) groups excluding carboxylic acids is 2. The lowest BCUT2D eigenvalue weighted by Crippen LogP contribution is -2.41. The van der Waals surface area contributed by atoms with Crippen molar-refractivity contribution in [3.05, 3.63) is 57.3 Å². The molecule has 8 nitrogen and oxygen atoms in total. The number of aryl methyl sites for hydroxylation is 1. The maximum atomic E-state index is 12.0. The molecular weight excluding hydrogens is 342 g/mol. The third kappa shape index (κ3) is 3.34. The predicted octanol–water partition coefficient (Wildman–Crippen LogP) is 3.38. The Labute approximate surface area is 148 Å². The number of benzene rings is 1. The van der Waals surface area contributed by atoms with E-state index in [2.05, 4.69) is 0 Å². The molecule has 1 aliphatic rings. The first kappa shape index (κ1) is 17.4. The van der Waals surface area contributed by atoms with Crippen LogP contribution in [0, 0.1) is 17.0 Å². The van der Waals surface area contributed by atoms with Crippen LogP contribution in [0.2, 0.25) is 0 Å². The fraction of sp³-hybridized carbons (Fsp3) is 0.222. The van der Waals surface area contributed by atoms with E-state index in [4.69, 9.17) is 13.9 Å². The van der Waals surface area contributed by atoms with Gasteiger partial charge in [0, 0.05) is 26.0 Å². The average molecular weight is 357 g/mol.